The lowest BCUT2D eigenvalue weighted by molar-refractivity contribution is 0.243. The molecule has 5 heteroatoms. The Hall–Kier alpha value is -2.82. The van der Waals surface area contributed by atoms with E-state index >= 15 is 0 Å². The van der Waals surface area contributed by atoms with Crippen molar-refractivity contribution in [2.45, 2.75) is 31.1 Å². The van der Waals surface area contributed by atoms with Gasteiger partial charge < -0.3 is 5.32 Å². The van der Waals surface area contributed by atoms with E-state index in [1.165, 1.54) is 11.6 Å². The third kappa shape index (κ3) is 3.43. The Morgan fingerprint density at radius 1 is 0.962 bits per heavy atom. The summed E-state index contributed by atoms with van der Waals surface area (Å²) < 4.78 is 14.2. The van der Waals surface area contributed by atoms with E-state index < -0.39 is 0 Å². The molecule has 0 bridgehead atoms. The molecule has 1 aromatic carbocycles. The molecule has 2 heterocycles. The molecule has 0 saturated heterocycles. The van der Waals surface area contributed by atoms with Crippen LogP contribution in [0, 0.1) is 5.82 Å². The molecule has 1 aliphatic carbocycles. The molecule has 0 spiro atoms. The molecule has 1 aliphatic rings. The van der Waals surface area contributed by atoms with Crippen LogP contribution in [0.1, 0.15) is 36.2 Å². The second-order valence-electron chi connectivity index (χ2n) is 6.89. The molecule has 4 nitrogen and oxygen atoms in total. The van der Waals surface area contributed by atoms with Gasteiger partial charge in [-0.05, 0) is 42.7 Å². The monoisotopic (exact) mass is 348 g/mol. The number of pyridine rings is 1. The van der Waals surface area contributed by atoms with Gasteiger partial charge in [0.05, 0.1) is 11.4 Å². The van der Waals surface area contributed by atoms with E-state index in [0.717, 1.165) is 31.4 Å². The highest BCUT2D eigenvalue weighted by Gasteiger charge is 2.41. The highest BCUT2D eigenvalue weighted by molar-refractivity contribution is 5.37. The number of hydrogen-bond donors (Lipinski definition) is 1. The normalized spacial score (nSPS) is 15.3. The standard InChI is InChI=1S/C21H21FN4/c22-18-8-4-13-23-20(18)21(11-5-12-21)15-24-19-10-9-17(25-26-19)14-16-6-2-1-3-7-16/h1-4,6-10,13H,5,11-12,14-15H2,(H,24,26). The Morgan fingerprint density at radius 3 is 2.46 bits per heavy atom. The highest BCUT2D eigenvalue weighted by atomic mass is 19.1. The lowest BCUT2D eigenvalue weighted by Gasteiger charge is -2.41. The minimum atomic E-state index is -0.240. The molecule has 4 rings (SSSR count). The van der Waals surface area contributed by atoms with Crippen LogP contribution in [0.15, 0.2) is 60.8 Å². The molecule has 26 heavy (non-hydrogen) atoms. The van der Waals surface area contributed by atoms with Gasteiger partial charge >= 0.3 is 0 Å². The van der Waals surface area contributed by atoms with E-state index in [9.17, 15) is 4.39 Å². The molecule has 1 fully saturated rings. The zero-order valence-electron chi connectivity index (χ0n) is 14.5. The summed E-state index contributed by atoms with van der Waals surface area (Å²) in [5, 5.41) is 11.9. The first-order valence-electron chi connectivity index (χ1n) is 8.97. The molecule has 1 saturated carbocycles. The van der Waals surface area contributed by atoms with Crippen molar-refractivity contribution in [1.82, 2.24) is 15.2 Å². The van der Waals surface area contributed by atoms with Crippen molar-refractivity contribution >= 4 is 5.82 Å². The summed E-state index contributed by atoms with van der Waals surface area (Å²) in [6.45, 7) is 0.619. The number of anilines is 1. The molecule has 2 aromatic heterocycles. The van der Waals surface area contributed by atoms with Gasteiger partial charge in [-0.15, -0.1) is 5.10 Å². The fourth-order valence-corrected chi connectivity index (χ4v) is 3.49. The smallest absolute Gasteiger partial charge is 0.148 e. The lowest BCUT2D eigenvalue weighted by atomic mass is 9.66. The van der Waals surface area contributed by atoms with Crippen LogP contribution >= 0.6 is 0 Å². The highest BCUT2D eigenvalue weighted by Crippen LogP contribution is 2.43. The van der Waals surface area contributed by atoms with Crippen LogP contribution in [-0.2, 0) is 11.8 Å². The Balaban J connectivity index is 1.42. The predicted molar refractivity (Wildman–Crippen MR) is 99.5 cm³/mol. The zero-order valence-corrected chi connectivity index (χ0v) is 14.5. The number of halogens is 1. The van der Waals surface area contributed by atoms with Gasteiger partial charge in [0.2, 0.25) is 0 Å². The maximum atomic E-state index is 14.2. The first-order chi connectivity index (χ1) is 12.8. The first kappa shape index (κ1) is 16.6. The van der Waals surface area contributed by atoms with E-state index in [2.05, 4.69) is 32.6 Å². The Labute approximate surface area is 152 Å². The van der Waals surface area contributed by atoms with Gasteiger partial charge in [0.25, 0.3) is 0 Å². The van der Waals surface area contributed by atoms with Crippen LogP contribution in [-0.4, -0.2) is 21.7 Å². The van der Waals surface area contributed by atoms with Crippen molar-refractivity contribution in [2.75, 3.05) is 11.9 Å². The SMILES string of the molecule is Fc1cccnc1C1(CNc2ccc(Cc3ccccc3)nn2)CCC1. The van der Waals surface area contributed by atoms with E-state index in [1.807, 2.05) is 30.3 Å². The number of nitrogens with zero attached hydrogens (tertiary/aromatic N) is 3. The first-order valence-corrected chi connectivity index (χ1v) is 8.97. The number of nitrogens with one attached hydrogen (secondary N) is 1. The molecule has 0 atom stereocenters. The molecule has 0 unspecified atom stereocenters. The van der Waals surface area contributed by atoms with Crippen molar-refractivity contribution < 1.29 is 4.39 Å². The van der Waals surface area contributed by atoms with E-state index in [0.29, 0.717) is 18.1 Å². The van der Waals surface area contributed by atoms with Gasteiger partial charge in [-0.3, -0.25) is 4.98 Å². The maximum absolute atomic E-state index is 14.2. The average Bonchev–Trinajstić information content (AvgIpc) is 2.64. The number of rotatable bonds is 6. The van der Waals surface area contributed by atoms with Gasteiger partial charge in [0.15, 0.2) is 0 Å². The van der Waals surface area contributed by atoms with Gasteiger partial charge in [-0.1, -0.05) is 36.8 Å². The number of benzene rings is 1. The van der Waals surface area contributed by atoms with Crippen LogP contribution in [0.4, 0.5) is 10.2 Å². The van der Waals surface area contributed by atoms with Crippen LogP contribution < -0.4 is 5.32 Å². The van der Waals surface area contributed by atoms with Crippen LogP contribution in [0.25, 0.3) is 0 Å². The largest absolute Gasteiger partial charge is 0.368 e. The van der Waals surface area contributed by atoms with E-state index in [1.54, 1.807) is 12.3 Å². The van der Waals surface area contributed by atoms with Crippen molar-refractivity contribution in [1.29, 1.82) is 0 Å². The zero-order chi connectivity index (χ0) is 17.8. The van der Waals surface area contributed by atoms with Crippen molar-refractivity contribution in [3.8, 4) is 0 Å². The molecule has 0 aliphatic heterocycles. The average molecular weight is 348 g/mol. The summed E-state index contributed by atoms with van der Waals surface area (Å²) >= 11 is 0. The van der Waals surface area contributed by atoms with E-state index in [4.69, 9.17) is 0 Å². The number of aromatic nitrogens is 3. The molecule has 1 N–H and O–H groups in total. The lowest BCUT2D eigenvalue weighted by Crippen LogP contribution is -2.42. The topological polar surface area (TPSA) is 50.7 Å². The summed E-state index contributed by atoms with van der Waals surface area (Å²) in [6.07, 6.45) is 5.40. The van der Waals surface area contributed by atoms with Crippen LogP contribution in [0.3, 0.4) is 0 Å². The van der Waals surface area contributed by atoms with Crippen LogP contribution in [0.5, 0.6) is 0 Å². The van der Waals surface area contributed by atoms with Crippen molar-refractivity contribution in [3.05, 3.63) is 83.6 Å². The van der Waals surface area contributed by atoms with Crippen molar-refractivity contribution in [2.24, 2.45) is 0 Å². The predicted octanol–water partition coefficient (Wildman–Crippen LogP) is 4.14. The fraction of sp³-hybridized carbons (Fsp3) is 0.286. The summed E-state index contributed by atoms with van der Waals surface area (Å²) in [6, 6.07) is 17.2. The second-order valence-corrected chi connectivity index (χ2v) is 6.89. The maximum Gasteiger partial charge on any atom is 0.148 e. The third-order valence-corrected chi connectivity index (χ3v) is 5.13. The molecular weight excluding hydrogens is 327 g/mol. The summed E-state index contributed by atoms with van der Waals surface area (Å²) in [4.78, 5) is 4.29. The molecule has 0 amide bonds. The van der Waals surface area contributed by atoms with Gasteiger partial charge in [-0.25, -0.2) is 4.39 Å². The van der Waals surface area contributed by atoms with Gasteiger partial charge in [0.1, 0.15) is 11.6 Å². The molecule has 132 valence electrons. The van der Waals surface area contributed by atoms with Gasteiger partial charge in [-0.2, -0.15) is 5.10 Å². The second kappa shape index (κ2) is 7.20. The van der Waals surface area contributed by atoms with Gasteiger partial charge in [0, 0.05) is 24.6 Å². The fourth-order valence-electron chi connectivity index (χ4n) is 3.49. The number of hydrogen-bond acceptors (Lipinski definition) is 4. The summed E-state index contributed by atoms with van der Waals surface area (Å²) in [7, 11) is 0. The quantitative estimate of drug-likeness (QED) is 0.727. The van der Waals surface area contributed by atoms with E-state index in [-0.39, 0.29) is 11.2 Å². The van der Waals surface area contributed by atoms with Crippen LogP contribution in [0.2, 0.25) is 0 Å². The third-order valence-electron chi connectivity index (χ3n) is 5.13. The summed E-state index contributed by atoms with van der Waals surface area (Å²) in [5.74, 6) is 0.489. The molecular formula is C21H21FN4. The van der Waals surface area contributed by atoms with Crippen molar-refractivity contribution in [3.63, 3.8) is 0 Å². The Morgan fingerprint density at radius 2 is 1.81 bits per heavy atom. The Kier molecular flexibility index (Phi) is 4.61. The minimum Gasteiger partial charge on any atom is -0.368 e. The molecule has 0 radical (unpaired) electrons. The Bertz CT molecular complexity index is 861. The summed E-state index contributed by atoms with van der Waals surface area (Å²) in [5.41, 5.74) is 2.46. The minimum absolute atomic E-state index is 0.224. The molecule has 3 aromatic rings.